The van der Waals surface area contributed by atoms with Gasteiger partial charge in [0.2, 0.25) is 11.8 Å². The van der Waals surface area contributed by atoms with Gasteiger partial charge >= 0.3 is 0 Å². The van der Waals surface area contributed by atoms with Gasteiger partial charge in [-0.15, -0.1) is 0 Å². The molecule has 1 aromatic rings. The number of rotatable bonds is 4. The minimum atomic E-state index is -0.634. The lowest BCUT2D eigenvalue weighted by molar-refractivity contribution is -0.136. The van der Waals surface area contributed by atoms with Crippen LogP contribution in [0.15, 0.2) is 18.2 Å². The molecule has 1 saturated carbocycles. The smallest absolute Gasteiger partial charge is 0.255 e. The van der Waals surface area contributed by atoms with Crippen molar-refractivity contribution in [1.29, 1.82) is 0 Å². The summed E-state index contributed by atoms with van der Waals surface area (Å²) in [5, 5.41) is 5.19. The van der Waals surface area contributed by atoms with Crippen molar-refractivity contribution in [3.05, 3.63) is 34.9 Å². The van der Waals surface area contributed by atoms with Crippen molar-refractivity contribution in [2.45, 2.75) is 38.3 Å². The van der Waals surface area contributed by atoms with Gasteiger partial charge in [0.1, 0.15) is 6.04 Å². The molecule has 7 nitrogen and oxygen atoms in total. The van der Waals surface area contributed by atoms with Crippen LogP contribution >= 0.6 is 0 Å². The number of amides is 4. The van der Waals surface area contributed by atoms with Gasteiger partial charge in [-0.05, 0) is 48.9 Å². The standard InChI is InChI=1S/C18H19N3O4/c22-15-6-5-14(17(24)20-15)21-9-12-7-11(3-4-13(12)18(21)25)16(23)19-8-10-1-2-10/h3-4,7,10,14H,1-2,5-6,8-9H2,(H,19,23)(H,20,22,24). The van der Waals surface area contributed by atoms with Gasteiger partial charge in [-0.1, -0.05) is 0 Å². The molecule has 2 N–H and O–H groups in total. The number of piperidine rings is 1. The van der Waals surface area contributed by atoms with Crippen LogP contribution in [0.2, 0.25) is 0 Å². The number of benzene rings is 1. The first kappa shape index (κ1) is 15.8. The van der Waals surface area contributed by atoms with Crippen molar-refractivity contribution < 1.29 is 19.2 Å². The maximum Gasteiger partial charge on any atom is 0.255 e. The Morgan fingerprint density at radius 1 is 1.20 bits per heavy atom. The highest BCUT2D eigenvalue weighted by atomic mass is 16.2. The van der Waals surface area contributed by atoms with E-state index >= 15 is 0 Å². The lowest BCUT2D eigenvalue weighted by atomic mass is 10.0. The van der Waals surface area contributed by atoms with Crippen LogP contribution in [0, 0.1) is 5.92 Å². The van der Waals surface area contributed by atoms with Crippen molar-refractivity contribution in [2.24, 2.45) is 5.92 Å². The predicted octanol–water partition coefficient (Wildman–Crippen LogP) is 0.587. The molecular formula is C18H19N3O4. The van der Waals surface area contributed by atoms with E-state index in [9.17, 15) is 19.2 Å². The van der Waals surface area contributed by atoms with Crippen LogP contribution < -0.4 is 10.6 Å². The summed E-state index contributed by atoms with van der Waals surface area (Å²) in [6.45, 7) is 0.974. The van der Waals surface area contributed by atoms with Gasteiger partial charge in [0.05, 0.1) is 0 Å². The van der Waals surface area contributed by atoms with Gasteiger partial charge < -0.3 is 10.2 Å². The second kappa shape index (κ2) is 5.98. The first-order chi connectivity index (χ1) is 12.0. The van der Waals surface area contributed by atoms with Gasteiger partial charge in [0.15, 0.2) is 0 Å². The number of nitrogens with one attached hydrogen (secondary N) is 2. The van der Waals surface area contributed by atoms with E-state index in [-0.39, 0.29) is 30.7 Å². The van der Waals surface area contributed by atoms with E-state index in [2.05, 4.69) is 10.6 Å². The third kappa shape index (κ3) is 3.01. The van der Waals surface area contributed by atoms with Crippen LogP contribution in [0.3, 0.4) is 0 Å². The first-order valence-electron chi connectivity index (χ1n) is 8.58. The molecule has 0 bridgehead atoms. The zero-order valence-corrected chi connectivity index (χ0v) is 13.7. The number of hydrogen-bond donors (Lipinski definition) is 2. The van der Waals surface area contributed by atoms with Crippen LogP contribution in [0.4, 0.5) is 0 Å². The summed E-state index contributed by atoms with van der Waals surface area (Å²) in [5.41, 5.74) is 1.79. The Labute approximate surface area is 144 Å². The molecule has 0 spiro atoms. The molecule has 4 rings (SSSR count). The third-order valence-electron chi connectivity index (χ3n) is 5.03. The highest BCUT2D eigenvalue weighted by molar-refractivity contribution is 6.06. The summed E-state index contributed by atoms with van der Waals surface area (Å²) in [6.07, 6.45) is 2.89. The van der Waals surface area contributed by atoms with Crippen molar-refractivity contribution >= 4 is 23.6 Å². The second-order valence-electron chi connectivity index (χ2n) is 6.93. The van der Waals surface area contributed by atoms with Crippen LogP contribution in [0.1, 0.15) is 52.0 Å². The van der Waals surface area contributed by atoms with Gasteiger partial charge in [-0.25, -0.2) is 0 Å². The number of fused-ring (bicyclic) bond motifs is 1. The maximum absolute atomic E-state index is 12.6. The van der Waals surface area contributed by atoms with Crippen molar-refractivity contribution in [3.63, 3.8) is 0 Å². The zero-order valence-electron chi connectivity index (χ0n) is 13.7. The zero-order chi connectivity index (χ0) is 17.6. The van der Waals surface area contributed by atoms with E-state index in [1.165, 1.54) is 17.7 Å². The molecule has 1 saturated heterocycles. The molecule has 4 amide bonds. The second-order valence-corrected chi connectivity index (χ2v) is 6.93. The molecule has 7 heteroatoms. The number of nitrogens with zero attached hydrogens (tertiary/aromatic N) is 1. The maximum atomic E-state index is 12.6. The molecule has 2 fully saturated rings. The Morgan fingerprint density at radius 3 is 2.72 bits per heavy atom. The Kier molecular flexibility index (Phi) is 3.78. The van der Waals surface area contributed by atoms with Crippen molar-refractivity contribution in [3.8, 4) is 0 Å². The highest BCUT2D eigenvalue weighted by Crippen LogP contribution is 2.29. The minimum absolute atomic E-state index is 0.137. The molecule has 1 aromatic carbocycles. The molecule has 0 aromatic heterocycles. The molecule has 1 aliphatic carbocycles. The lowest BCUT2D eigenvalue weighted by Gasteiger charge is -2.29. The van der Waals surface area contributed by atoms with E-state index in [4.69, 9.17) is 0 Å². The molecule has 1 atom stereocenters. The van der Waals surface area contributed by atoms with Crippen molar-refractivity contribution in [1.82, 2.24) is 15.5 Å². The largest absolute Gasteiger partial charge is 0.352 e. The number of imide groups is 1. The number of carbonyl (C=O) groups excluding carboxylic acids is 4. The van der Waals surface area contributed by atoms with Crippen molar-refractivity contribution in [2.75, 3.05) is 6.54 Å². The first-order valence-corrected chi connectivity index (χ1v) is 8.58. The summed E-state index contributed by atoms with van der Waals surface area (Å²) in [5.74, 6) is -0.501. The average Bonchev–Trinajstić information content (AvgIpc) is 3.36. The van der Waals surface area contributed by atoms with Crippen LogP contribution in [-0.2, 0) is 16.1 Å². The number of hydrogen-bond acceptors (Lipinski definition) is 4. The third-order valence-corrected chi connectivity index (χ3v) is 5.03. The average molecular weight is 341 g/mol. The molecule has 130 valence electrons. The summed E-state index contributed by atoms with van der Waals surface area (Å²) >= 11 is 0. The Hall–Kier alpha value is -2.70. The summed E-state index contributed by atoms with van der Waals surface area (Å²) in [6, 6.07) is 4.38. The normalized spacial score (nSPS) is 22.6. The van der Waals surface area contributed by atoms with E-state index in [1.54, 1.807) is 18.2 Å². The lowest BCUT2D eigenvalue weighted by Crippen LogP contribution is -2.52. The Morgan fingerprint density at radius 2 is 2.00 bits per heavy atom. The van der Waals surface area contributed by atoms with Crippen LogP contribution in [0.5, 0.6) is 0 Å². The molecule has 1 unspecified atom stereocenters. The van der Waals surface area contributed by atoms with E-state index in [1.807, 2.05) is 0 Å². The van der Waals surface area contributed by atoms with Gasteiger partial charge in [0.25, 0.3) is 11.8 Å². The molecule has 2 aliphatic heterocycles. The fraction of sp³-hybridized carbons (Fsp3) is 0.444. The predicted molar refractivity (Wildman–Crippen MR) is 87.5 cm³/mol. The van der Waals surface area contributed by atoms with Crippen LogP contribution in [0.25, 0.3) is 0 Å². The minimum Gasteiger partial charge on any atom is -0.352 e. The van der Waals surface area contributed by atoms with E-state index in [0.717, 1.165) is 5.56 Å². The topological polar surface area (TPSA) is 95.6 Å². The van der Waals surface area contributed by atoms with Gasteiger partial charge in [0, 0.05) is 30.6 Å². The SMILES string of the molecule is O=C1CCC(N2Cc3cc(C(=O)NCC4CC4)ccc3C2=O)C(=O)N1. The number of carbonyl (C=O) groups is 4. The van der Waals surface area contributed by atoms with Crippen LogP contribution in [-0.4, -0.2) is 41.1 Å². The Bertz CT molecular complexity index is 785. The van der Waals surface area contributed by atoms with E-state index < -0.39 is 11.9 Å². The summed E-state index contributed by atoms with van der Waals surface area (Å²) in [4.78, 5) is 49.6. The molecule has 3 aliphatic rings. The summed E-state index contributed by atoms with van der Waals surface area (Å²) < 4.78 is 0. The molecule has 0 radical (unpaired) electrons. The highest BCUT2D eigenvalue weighted by Gasteiger charge is 2.39. The summed E-state index contributed by atoms with van der Waals surface area (Å²) in [7, 11) is 0. The molecule has 2 heterocycles. The monoisotopic (exact) mass is 341 g/mol. The molecular weight excluding hydrogens is 322 g/mol. The quantitative estimate of drug-likeness (QED) is 0.784. The Balaban J connectivity index is 1.49. The van der Waals surface area contributed by atoms with Gasteiger partial charge in [-0.2, -0.15) is 0 Å². The fourth-order valence-electron chi connectivity index (χ4n) is 3.38. The fourth-order valence-corrected chi connectivity index (χ4v) is 3.38. The van der Waals surface area contributed by atoms with Gasteiger partial charge in [-0.3, -0.25) is 24.5 Å². The van der Waals surface area contributed by atoms with E-state index in [0.29, 0.717) is 30.0 Å². The molecule has 25 heavy (non-hydrogen) atoms.